The molecule has 0 spiro atoms. The highest BCUT2D eigenvalue weighted by atomic mass is 32.2. The summed E-state index contributed by atoms with van der Waals surface area (Å²) in [4.78, 5) is 34.8. The third-order valence-corrected chi connectivity index (χ3v) is 5.65. The Hall–Kier alpha value is -4.42. The normalized spacial score (nSPS) is 13.0. The van der Waals surface area contributed by atoms with E-state index in [1.807, 2.05) is 13.8 Å². The van der Waals surface area contributed by atoms with Crippen LogP contribution in [-0.2, 0) is 23.9 Å². The van der Waals surface area contributed by atoms with Crippen molar-refractivity contribution < 1.29 is 37.4 Å². The molecule has 0 aromatic heterocycles. The second-order valence-electron chi connectivity index (χ2n) is 6.73. The number of hydrogen-bond acceptors (Lipinski definition) is 9. The molecule has 0 N–H and O–H groups in total. The number of carbonyl (C=O) groups excluding carboxylic acids is 3. The summed E-state index contributed by atoms with van der Waals surface area (Å²) in [5, 5.41) is 16.9. The summed E-state index contributed by atoms with van der Waals surface area (Å²) >= 11 is 0.836. The minimum atomic E-state index is -1.02. The molecule has 0 unspecified atom stereocenters. The van der Waals surface area contributed by atoms with Crippen LogP contribution in [0, 0.1) is 34.3 Å². The molecule has 0 aliphatic carbocycles. The first-order valence-electron chi connectivity index (χ1n) is 11.0. The monoisotopic (exact) mass is 545 g/mol. The molecule has 1 aliphatic heterocycles. The highest BCUT2D eigenvalue weighted by molar-refractivity contribution is 8.04. The lowest BCUT2D eigenvalue weighted by atomic mass is 10.0. The highest BCUT2D eigenvalue weighted by Gasteiger charge is 2.36. The van der Waals surface area contributed by atoms with Crippen molar-refractivity contribution >= 4 is 35.3 Å². The maximum atomic E-state index is 14.9. The number of amides is 1. The molecular weight excluding hydrogens is 520 g/mol. The first-order valence-corrected chi connectivity index (χ1v) is 12.0. The first-order chi connectivity index (χ1) is 18.2. The van der Waals surface area contributed by atoms with E-state index in [9.17, 15) is 28.4 Å². The summed E-state index contributed by atoms with van der Waals surface area (Å²) in [6.07, 6.45) is -0.156. The number of thioether (sulfide) groups is 1. The average Bonchev–Trinajstić information content (AvgIpc) is 3.30. The van der Waals surface area contributed by atoms with E-state index in [4.69, 9.17) is 10.00 Å². The van der Waals surface area contributed by atoms with E-state index in [0.717, 1.165) is 31.0 Å². The molecule has 9 nitrogen and oxygen atoms in total. The molecular formula is C26H25F2N3O6S. The van der Waals surface area contributed by atoms with Gasteiger partial charge in [0.1, 0.15) is 29.0 Å². The molecule has 1 saturated heterocycles. The van der Waals surface area contributed by atoms with E-state index < -0.39 is 40.7 Å². The molecule has 3 rings (SSSR count). The molecule has 0 atom stereocenters. The summed E-state index contributed by atoms with van der Waals surface area (Å²) in [7, 11) is 3.79. The van der Waals surface area contributed by atoms with Gasteiger partial charge in [-0.25, -0.2) is 13.6 Å². The largest absolute Gasteiger partial charge is 0.497 e. The Morgan fingerprint density at radius 1 is 1.03 bits per heavy atom. The molecule has 2 aromatic rings. The Bertz CT molecular complexity index is 1280. The van der Waals surface area contributed by atoms with Crippen molar-refractivity contribution in [2.75, 3.05) is 32.0 Å². The lowest BCUT2D eigenvalue weighted by molar-refractivity contribution is -0.139. The predicted octanol–water partition coefficient (Wildman–Crippen LogP) is 4.73. The topological polar surface area (TPSA) is 130 Å². The smallest absolute Gasteiger partial charge is 0.351 e. The second-order valence-corrected chi connectivity index (χ2v) is 7.70. The average molecular weight is 546 g/mol. The maximum absolute atomic E-state index is 14.9. The van der Waals surface area contributed by atoms with Gasteiger partial charge < -0.3 is 14.2 Å². The minimum absolute atomic E-state index is 0.156. The summed E-state index contributed by atoms with van der Waals surface area (Å²) in [6, 6.07) is 12.1. The molecule has 1 aliphatic rings. The first kappa shape index (κ1) is 31.6. The number of anilines is 1. The predicted molar refractivity (Wildman–Crippen MR) is 137 cm³/mol. The zero-order chi connectivity index (χ0) is 28.8. The van der Waals surface area contributed by atoms with Crippen molar-refractivity contribution in [2.24, 2.45) is 0 Å². The van der Waals surface area contributed by atoms with Crippen LogP contribution >= 0.6 is 11.8 Å². The van der Waals surface area contributed by atoms with E-state index in [1.54, 1.807) is 36.4 Å². The van der Waals surface area contributed by atoms with Gasteiger partial charge in [0.15, 0.2) is 17.2 Å². The van der Waals surface area contributed by atoms with Gasteiger partial charge in [-0.3, -0.25) is 14.5 Å². The van der Waals surface area contributed by atoms with E-state index in [1.165, 1.54) is 14.2 Å². The SMILES string of the molecule is CC.COC(=O)/C(C#N)=C1\SCC(=O)N1c1c(F)cc(-c2cccc(OC)c2)cc1F.COC(=O)CC#N. The van der Waals surface area contributed by atoms with Crippen LogP contribution in [0.15, 0.2) is 47.0 Å². The molecule has 1 heterocycles. The van der Waals surface area contributed by atoms with Gasteiger partial charge in [0.25, 0.3) is 0 Å². The van der Waals surface area contributed by atoms with Gasteiger partial charge in [-0.1, -0.05) is 37.7 Å². The van der Waals surface area contributed by atoms with Crippen molar-refractivity contribution in [1.29, 1.82) is 10.5 Å². The Morgan fingerprint density at radius 3 is 2.13 bits per heavy atom. The van der Waals surface area contributed by atoms with Crippen LogP contribution in [-0.4, -0.2) is 44.9 Å². The zero-order valence-corrected chi connectivity index (χ0v) is 22.2. The third kappa shape index (κ3) is 7.79. The summed E-state index contributed by atoms with van der Waals surface area (Å²) in [5.74, 6) is -3.83. The fourth-order valence-corrected chi connectivity index (χ4v) is 3.94. The molecule has 0 bridgehead atoms. The number of esters is 2. The lowest BCUT2D eigenvalue weighted by Gasteiger charge is -2.20. The number of carbonyl (C=O) groups is 3. The number of methoxy groups -OCH3 is 3. The zero-order valence-electron chi connectivity index (χ0n) is 21.3. The Labute approximate surface area is 223 Å². The van der Waals surface area contributed by atoms with Crippen LogP contribution in [0.3, 0.4) is 0 Å². The number of hydrogen-bond donors (Lipinski definition) is 0. The fourth-order valence-electron chi connectivity index (χ4n) is 2.95. The Morgan fingerprint density at radius 2 is 1.66 bits per heavy atom. The van der Waals surface area contributed by atoms with E-state index in [-0.39, 0.29) is 22.8 Å². The summed E-state index contributed by atoms with van der Waals surface area (Å²) in [5.41, 5.74) is -0.405. The number of nitriles is 2. The van der Waals surface area contributed by atoms with Gasteiger partial charge in [0.05, 0.1) is 33.2 Å². The number of benzene rings is 2. The van der Waals surface area contributed by atoms with Gasteiger partial charge in [0.2, 0.25) is 5.91 Å². The van der Waals surface area contributed by atoms with Crippen LogP contribution < -0.4 is 9.64 Å². The van der Waals surface area contributed by atoms with Gasteiger partial charge in [-0.05, 0) is 35.4 Å². The van der Waals surface area contributed by atoms with Crippen LogP contribution in [0.1, 0.15) is 20.3 Å². The third-order valence-electron chi connectivity index (χ3n) is 4.59. The van der Waals surface area contributed by atoms with Gasteiger partial charge in [0, 0.05) is 0 Å². The van der Waals surface area contributed by atoms with Crippen molar-refractivity contribution in [2.45, 2.75) is 20.3 Å². The number of halogens is 2. The van der Waals surface area contributed by atoms with Gasteiger partial charge in [-0.15, -0.1) is 0 Å². The van der Waals surface area contributed by atoms with Crippen LogP contribution in [0.4, 0.5) is 14.5 Å². The molecule has 2 aromatic carbocycles. The number of nitrogens with zero attached hydrogens (tertiary/aromatic N) is 3. The molecule has 200 valence electrons. The molecule has 38 heavy (non-hydrogen) atoms. The summed E-state index contributed by atoms with van der Waals surface area (Å²) in [6.45, 7) is 4.00. The van der Waals surface area contributed by atoms with Crippen LogP contribution in [0.25, 0.3) is 11.1 Å². The van der Waals surface area contributed by atoms with E-state index >= 15 is 0 Å². The highest BCUT2D eigenvalue weighted by Crippen LogP contribution is 2.40. The quantitative estimate of drug-likeness (QED) is 0.297. The minimum Gasteiger partial charge on any atom is -0.497 e. The van der Waals surface area contributed by atoms with Gasteiger partial charge in [-0.2, -0.15) is 10.5 Å². The second kappa shape index (κ2) is 15.6. The fraction of sp³-hybridized carbons (Fsp3) is 0.269. The number of ether oxygens (including phenoxy) is 3. The molecule has 1 fully saturated rings. The van der Waals surface area contributed by atoms with Crippen LogP contribution in [0.2, 0.25) is 0 Å². The van der Waals surface area contributed by atoms with E-state index in [0.29, 0.717) is 16.2 Å². The Kier molecular flexibility index (Phi) is 13.0. The molecule has 0 radical (unpaired) electrons. The van der Waals surface area contributed by atoms with Crippen LogP contribution in [0.5, 0.6) is 5.75 Å². The standard InChI is InChI=1S/C20H14F2N2O4S.C4H5NO2.C2H6/c1-27-13-5-3-4-11(6-13)12-7-15(21)18(16(22)8-12)24-17(25)10-29-19(24)14(9-23)20(26)28-2;1-7-4(6)2-3-5;1-2/h3-8H,10H2,1-2H3;2H2,1H3;1-2H3/b19-14-;;. The summed E-state index contributed by atoms with van der Waals surface area (Å²) < 4.78 is 43.6. The van der Waals surface area contributed by atoms with Crippen molar-refractivity contribution in [3.05, 3.63) is 58.6 Å². The van der Waals surface area contributed by atoms with Crippen molar-refractivity contribution in [3.8, 4) is 29.0 Å². The molecule has 1 amide bonds. The number of rotatable bonds is 5. The van der Waals surface area contributed by atoms with E-state index in [2.05, 4.69) is 9.47 Å². The molecule has 12 heteroatoms. The Balaban J connectivity index is 0.000000696. The molecule has 0 saturated carbocycles. The maximum Gasteiger partial charge on any atom is 0.351 e. The van der Waals surface area contributed by atoms with Crippen molar-refractivity contribution in [3.63, 3.8) is 0 Å². The van der Waals surface area contributed by atoms with Crippen molar-refractivity contribution in [1.82, 2.24) is 0 Å². The lowest BCUT2D eigenvalue weighted by Crippen LogP contribution is -2.27. The van der Waals surface area contributed by atoms with Gasteiger partial charge >= 0.3 is 11.9 Å².